The number of aryl methyl sites for hydroxylation is 1. The molecule has 2 unspecified atom stereocenters. The third-order valence-electron chi connectivity index (χ3n) is 10.1. The number of imidazole rings is 1. The third kappa shape index (κ3) is 5.94. The molecule has 2 aromatic heterocycles. The molecule has 0 aromatic carbocycles. The van der Waals surface area contributed by atoms with Crippen molar-refractivity contribution in [3.63, 3.8) is 0 Å². The summed E-state index contributed by atoms with van der Waals surface area (Å²) >= 11 is 0. The maximum absolute atomic E-state index is 13.4. The van der Waals surface area contributed by atoms with Crippen LogP contribution in [0.5, 0.6) is 0 Å². The van der Waals surface area contributed by atoms with Gasteiger partial charge in [0.2, 0.25) is 11.8 Å². The summed E-state index contributed by atoms with van der Waals surface area (Å²) in [6, 6.07) is 2.02. The van der Waals surface area contributed by atoms with Gasteiger partial charge in [-0.25, -0.2) is 9.78 Å². The second-order valence-corrected chi connectivity index (χ2v) is 13.9. The minimum atomic E-state index is -1.03. The van der Waals surface area contributed by atoms with E-state index in [-0.39, 0.29) is 58.5 Å². The molecule has 12 heteroatoms. The average Bonchev–Trinajstić information content (AvgIpc) is 3.47. The van der Waals surface area contributed by atoms with Crippen molar-refractivity contribution >= 4 is 29.4 Å². The van der Waals surface area contributed by atoms with Crippen molar-refractivity contribution in [1.29, 1.82) is 0 Å². The van der Waals surface area contributed by atoms with E-state index in [2.05, 4.69) is 46.4 Å². The Morgan fingerprint density at radius 1 is 1.09 bits per heavy atom. The maximum atomic E-state index is 13.4. The van der Waals surface area contributed by atoms with E-state index in [1.807, 2.05) is 0 Å². The highest BCUT2D eigenvalue weighted by Crippen LogP contribution is 2.77. The van der Waals surface area contributed by atoms with Crippen LogP contribution in [0, 0.1) is 16.2 Å². The molecule has 3 atom stereocenters. The van der Waals surface area contributed by atoms with Crippen LogP contribution in [0.15, 0.2) is 47.8 Å². The summed E-state index contributed by atoms with van der Waals surface area (Å²) in [4.78, 5) is 68.3. The second-order valence-electron chi connectivity index (χ2n) is 13.9. The SMILES string of the molecule is COC(=O)/C=C/CC[C@H](NC(=O)c1cncn1C)C(=O)Nc1cccn(CC(=O)NC23CC4(C)CC(C)(C2)C(C)(C4)C3)c1=O. The molecule has 3 N–H and O–H groups in total. The van der Waals surface area contributed by atoms with Crippen LogP contribution in [0.1, 0.15) is 76.2 Å². The molecule has 0 aliphatic heterocycles. The number of rotatable bonds is 11. The predicted octanol–water partition coefficient (Wildman–Crippen LogP) is 2.69. The van der Waals surface area contributed by atoms with E-state index in [1.165, 1.54) is 59.9 Å². The number of aromatic nitrogens is 3. The zero-order valence-electron chi connectivity index (χ0n) is 26.1. The van der Waals surface area contributed by atoms with Crippen molar-refractivity contribution in [1.82, 2.24) is 24.8 Å². The molecule has 44 heavy (non-hydrogen) atoms. The summed E-state index contributed by atoms with van der Waals surface area (Å²) in [7, 11) is 2.91. The highest BCUT2D eigenvalue weighted by Gasteiger charge is 2.71. The number of nitrogens with one attached hydrogen (secondary N) is 3. The van der Waals surface area contributed by atoms with Crippen molar-refractivity contribution in [2.75, 3.05) is 12.4 Å². The number of esters is 1. The second kappa shape index (κ2) is 11.4. The molecule has 0 spiro atoms. The number of allylic oxidation sites excluding steroid dienone is 1. The molecular formula is C32H42N6O6. The zero-order chi connectivity index (χ0) is 31.9. The summed E-state index contributed by atoms with van der Waals surface area (Å²) in [6.07, 6.45) is 12.8. The smallest absolute Gasteiger partial charge is 0.330 e. The summed E-state index contributed by atoms with van der Waals surface area (Å²) < 4.78 is 7.39. The highest BCUT2D eigenvalue weighted by atomic mass is 16.5. The first kappa shape index (κ1) is 31.2. The molecule has 6 rings (SSSR count). The first-order chi connectivity index (χ1) is 20.7. The fourth-order valence-corrected chi connectivity index (χ4v) is 8.73. The van der Waals surface area contributed by atoms with Crippen LogP contribution in [0.3, 0.4) is 0 Å². The zero-order valence-corrected chi connectivity index (χ0v) is 26.1. The molecule has 2 heterocycles. The molecule has 4 aliphatic carbocycles. The molecule has 12 nitrogen and oxygen atoms in total. The van der Waals surface area contributed by atoms with Gasteiger partial charge in [0.25, 0.3) is 11.5 Å². The summed E-state index contributed by atoms with van der Waals surface area (Å²) in [5.41, 5.74) is 0.0622. The number of pyridine rings is 1. The highest BCUT2D eigenvalue weighted by molar-refractivity contribution is 6.00. The van der Waals surface area contributed by atoms with E-state index in [4.69, 9.17) is 0 Å². The van der Waals surface area contributed by atoms with E-state index in [0.717, 1.165) is 19.3 Å². The molecule has 2 aromatic rings. The van der Waals surface area contributed by atoms with Gasteiger partial charge in [-0.15, -0.1) is 0 Å². The number of hydrogen-bond donors (Lipinski definition) is 3. The maximum Gasteiger partial charge on any atom is 0.330 e. The van der Waals surface area contributed by atoms with E-state index in [9.17, 15) is 24.0 Å². The molecule has 3 amide bonds. The number of hydrogen-bond acceptors (Lipinski definition) is 7. The molecular weight excluding hydrogens is 564 g/mol. The van der Waals surface area contributed by atoms with Gasteiger partial charge in [-0.2, -0.15) is 0 Å². The first-order valence-corrected chi connectivity index (χ1v) is 15.0. The van der Waals surface area contributed by atoms with Crippen molar-refractivity contribution < 1.29 is 23.9 Å². The van der Waals surface area contributed by atoms with Gasteiger partial charge in [-0.05, 0) is 73.3 Å². The van der Waals surface area contributed by atoms with Crippen LogP contribution < -0.4 is 21.5 Å². The number of nitrogens with zero attached hydrogens (tertiary/aromatic N) is 3. The van der Waals surface area contributed by atoms with Gasteiger partial charge in [-0.1, -0.05) is 26.8 Å². The molecule has 4 aliphatic rings. The van der Waals surface area contributed by atoms with Gasteiger partial charge < -0.3 is 29.8 Å². The van der Waals surface area contributed by atoms with E-state index < -0.39 is 29.4 Å². The Balaban J connectivity index is 1.26. The van der Waals surface area contributed by atoms with Crippen molar-refractivity contribution in [2.45, 2.75) is 83.8 Å². The van der Waals surface area contributed by atoms with E-state index in [0.29, 0.717) is 0 Å². The number of amides is 3. The Morgan fingerprint density at radius 3 is 2.41 bits per heavy atom. The Morgan fingerprint density at radius 2 is 1.80 bits per heavy atom. The van der Waals surface area contributed by atoms with Gasteiger partial charge in [0.1, 0.15) is 24.0 Å². The van der Waals surface area contributed by atoms with Gasteiger partial charge in [-0.3, -0.25) is 19.2 Å². The molecule has 0 radical (unpaired) electrons. The van der Waals surface area contributed by atoms with Crippen molar-refractivity contribution in [3.8, 4) is 0 Å². The first-order valence-electron chi connectivity index (χ1n) is 15.0. The summed E-state index contributed by atoms with van der Waals surface area (Å²) in [5, 5.41) is 8.63. The molecule has 4 fully saturated rings. The number of anilines is 1. The largest absolute Gasteiger partial charge is 0.466 e. The van der Waals surface area contributed by atoms with Gasteiger partial charge >= 0.3 is 5.97 Å². The van der Waals surface area contributed by atoms with Crippen molar-refractivity contribution in [2.24, 2.45) is 23.3 Å². The van der Waals surface area contributed by atoms with Crippen LogP contribution in [0.2, 0.25) is 0 Å². The molecule has 4 bridgehead atoms. The monoisotopic (exact) mass is 606 g/mol. The topological polar surface area (TPSA) is 153 Å². The van der Waals surface area contributed by atoms with E-state index >= 15 is 0 Å². The Hall–Kier alpha value is -4.22. The van der Waals surface area contributed by atoms with Crippen molar-refractivity contribution in [3.05, 3.63) is 59.1 Å². The minimum Gasteiger partial charge on any atom is -0.466 e. The van der Waals surface area contributed by atoms with Crippen LogP contribution in [0.4, 0.5) is 5.69 Å². The minimum absolute atomic E-state index is 0.0132. The molecule has 236 valence electrons. The Kier molecular flexibility index (Phi) is 8.06. The van der Waals surface area contributed by atoms with Crippen LogP contribution in [-0.4, -0.2) is 56.5 Å². The fraction of sp³-hybridized carbons (Fsp3) is 0.562. The third-order valence-corrected chi connectivity index (χ3v) is 10.1. The Labute approximate surface area is 256 Å². The van der Waals surface area contributed by atoms with Gasteiger partial charge in [0.15, 0.2) is 0 Å². The molecule has 4 saturated carbocycles. The average molecular weight is 607 g/mol. The van der Waals surface area contributed by atoms with Gasteiger partial charge in [0, 0.05) is 24.9 Å². The number of carbonyl (C=O) groups is 4. The lowest BCUT2D eigenvalue weighted by Crippen LogP contribution is -2.54. The fourth-order valence-electron chi connectivity index (χ4n) is 8.73. The number of methoxy groups -OCH3 is 1. The predicted molar refractivity (Wildman–Crippen MR) is 162 cm³/mol. The summed E-state index contributed by atoms with van der Waals surface area (Å²) in [6.45, 7) is 6.86. The van der Waals surface area contributed by atoms with Gasteiger partial charge in [0.05, 0.1) is 19.6 Å². The lowest BCUT2D eigenvalue weighted by molar-refractivity contribution is -0.134. The van der Waals surface area contributed by atoms with E-state index in [1.54, 1.807) is 19.2 Å². The number of carbonyl (C=O) groups excluding carboxylic acids is 4. The normalized spacial score (nSPS) is 29.0. The summed E-state index contributed by atoms with van der Waals surface area (Å²) in [5.74, 6) is -1.90. The lowest BCUT2D eigenvalue weighted by Gasteiger charge is -2.46. The Bertz CT molecular complexity index is 1550. The van der Waals surface area contributed by atoms with Crippen LogP contribution in [-0.2, 0) is 32.7 Å². The van der Waals surface area contributed by atoms with Crippen LogP contribution in [0.25, 0.3) is 0 Å². The van der Waals surface area contributed by atoms with Crippen LogP contribution >= 0.6 is 0 Å². The number of ether oxygens (including phenoxy) is 1. The lowest BCUT2D eigenvalue weighted by atomic mass is 9.64. The quantitative estimate of drug-likeness (QED) is 0.263. The molecule has 0 saturated heterocycles. The standard InChI is InChI=1S/C32H42N6O6/c1-29-15-30(2)18-32(17-29,19-31(30,3)16-29)36-24(39)14-38-12-8-10-22(28(38)43)35-26(41)21(9-6-7-11-25(40)44-5)34-27(42)23-13-33-20-37(23)4/h7-8,10-13,20-21H,6,9,14-19H2,1-5H3,(H,34,42)(H,35,41)(H,36,39)/b11-7+/t21-,29?,30?,31?,32?/m0/s1.